The van der Waals surface area contributed by atoms with Crippen molar-refractivity contribution in [2.75, 3.05) is 0 Å². The highest BCUT2D eigenvalue weighted by molar-refractivity contribution is 5.94. The van der Waals surface area contributed by atoms with Crippen LogP contribution in [0.15, 0.2) is 24.3 Å². The molecule has 1 aromatic rings. The molecule has 2 rings (SSSR count). The van der Waals surface area contributed by atoms with Gasteiger partial charge < -0.3 is 5.32 Å². The molecule has 0 bridgehead atoms. The lowest BCUT2D eigenvalue weighted by atomic mass is 9.91. The second-order valence-electron chi connectivity index (χ2n) is 5.07. The maximum atomic E-state index is 12.8. The summed E-state index contributed by atoms with van der Waals surface area (Å²) in [5, 5.41) is 12.2. The Morgan fingerprint density at radius 2 is 1.74 bits per heavy atom. The molecule has 1 aliphatic rings. The summed E-state index contributed by atoms with van der Waals surface area (Å²) in [5.74, 6) is -0.676. The van der Waals surface area contributed by atoms with E-state index in [9.17, 15) is 14.4 Å². The second kappa shape index (κ2) is 5.83. The fourth-order valence-corrected chi connectivity index (χ4v) is 2.49. The van der Waals surface area contributed by atoms with Gasteiger partial charge in [-0.3, -0.25) is 4.79 Å². The number of carbonyl (C=O) groups excluding carboxylic acids is 1. The first-order valence-electron chi connectivity index (χ1n) is 6.65. The summed E-state index contributed by atoms with van der Waals surface area (Å²) in [5.41, 5.74) is -0.373. The van der Waals surface area contributed by atoms with Crippen LogP contribution in [0, 0.1) is 17.1 Å². The van der Waals surface area contributed by atoms with Crippen LogP contribution in [0.2, 0.25) is 0 Å². The fourth-order valence-electron chi connectivity index (χ4n) is 2.49. The van der Waals surface area contributed by atoms with Crippen molar-refractivity contribution in [2.45, 2.75) is 44.1 Å². The normalized spacial score (nSPS) is 18.1. The Balaban J connectivity index is 2.11. The van der Waals surface area contributed by atoms with Crippen LogP contribution in [0.5, 0.6) is 0 Å². The zero-order valence-electron chi connectivity index (χ0n) is 10.8. The smallest absolute Gasteiger partial charge is 0.252 e. The number of amides is 1. The van der Waals surface area contributed by atoms with Gasteiger partial charge in [-0.25, -0.2) is 4.39 Å². The van der Waals surface area contributed by atoms with Gasteiger partial charge in [0.15, 0.2) is 0 Å². The number of benzene rings is 1. The van der Waals surface area contributed by atoms with Gasteiger partial charge in [-0.15, -0.1) is 0 Å². The third-order valence-corrected chi connectivity index (χ3v) is 3.63. The molecule has 1 amide bonds. The molecule has 4 heteroatoms. The van der Waals surface area contributed by atoms with E-state index in [4.69, 9.17) is 0 Å². The van der Waals surface area contributed by atoms with Crippen molar-refractivity contribution in [1.82, 2.24) is 5.32 Å². The molecule has 1 saturated carbocycles. The minimum Gasteiger partial charge on any atom is -0.334 e. The molecule has 19 heavy (non-hydrogen) atoms. The molecule has 0 saturated heterocycles. The highest BCUT2D eigenvalue weighted by Crippen LogP contribution is 2.26. The van der Waals surface area contributed by atoms with Crippen molar-refractivity contribution in [2.24, 2.45) is 0 Å². The van der Waals surface area contributed by atoms with Crippen LogP contribution in [0.4, 0.5) is 4.39 Å². The Morgan fingerprint density at radius 1 is 1.16 bits per heavy atom. The molecule has 0 aromatic heterocycles. The van der Waals surface area contributed by atoms with Crippen LogP contribution in [-0.2, 0) is 0 Å². The summed E-state index contributed by atoms with van der Waals surface area (Å²) in [6, 6.07) is 7.64. The molecule has 3 nitrogen and oxygen atoms in total. The van der Waals surface area contributed by atoms with E-state index in [0.717, 1.165) is 25.7 Å². The lowest BCUT2D eigenvalue weighted by Crippen LogP contribution is -2.47. The Bertz CT molecular complexity index is 482. The van der Waals surface area contributed by atoms with Crippen molar-refractivity contribution in [3.8, 4) is 6.07 Å². The topological polar surface area (TPSA) is 52.9 Å². The van der Waals surface area contributed by atoms with Gasteiger partial charge in [0.1, 0.15) is 11.4 Å². The second-order valence-corrected chi connectivity index (χ2v) is 5.07. The molecule has 0 aliphatic heterocycles. The predicted octanol–water partition coefficient (Wildman–Crippen LogP) is 3.17. The van der Waals surface area contributed by atoms with Crippen LogP contribution in [0.3, 0.4) is 0 Å². The monoisotopic (exact) mass is 260 g/mol. The quantitative estimate of drug-likeness (QED) is 0.830. The third kappa shape index (κ3) is 3.31. The van der Waals surface area contributed by atoms with Crippen molar-refractivity contribution in [3.05, 3.63) is 35.6 Å². The molecule has 0 heterocycles. The van der Waals surface area contributed by atoms with Gasteiger partial charge in [-0.05, 0) is 37.1 Å². The van der Waals surface area contributed by atoms with E-state index in [-0.39, 0.29) is 11.7 Å². The predicted molar refractivity (Wildman–Crippen MR) is 69.9 cm³/mol. The van der Waals surface area contributed by atoms with E-state index < -0.39 is 5.54 Å². The van der Waals surface area contributed by atoms with Crippen LogP contribution >= 0.6 is 0 Å². The first-order chi connectivity index (χ1) is 9.15. The molecule has 100 valence electrons. The molecule has 1 fully saturated rings. The number of nitrogens with one attached hydrogen (secondary N) is 1. The lowest BCUT2D eigenvalue weighted by Gasteiger charge is -2.26. The van der Waals surface area contributed by atoms with Crippen molar-refractivity contribution < 1.29 is 9.18 Å². The lowest BCUT2D eigenvalue weighted by molar-refractivity contribution is 0.0913. The summed E-state index contributed by atoms with van der Waals surface area (Å²) in [4.78, 5) is 12.1. The number of halogens is 1. The first-order valence-corrected chi connectivity index (χ1v) is 6.65. The molecule has 0 atom stereocenters. The molecular weight excluding hydrogens is 243 g/mol. The number of hydrogen-bond acceptors (Lipinski definition) is 2. The summed E-state index contributed by atoms with van der Waals surface area (Å²) in [6.07, 6.45) is 5.51. The van der Waals surface area contributed by atoms with E-state index >= 15 is 0 Å². The van der Waals surface area contributed by atoms with Crippen LogP contribution < -0.4 is 5.32 Å². The van der Waals surface area contributed by atoms with E-state index in [2.05, 4.69) is 11.4 Å². The Morgan fingerprint density at radius 3 is 2.26 bits per heavy atom. The van der Waals surface area contributed by atoms with Crippen LogP contribution in [-0.4, -0.2) is 11.4 Å². The average molecular weight is 260 g/mol. The van der Waals surface area contributed by atoms with Crippen LogP contribution in [0.1, 0.15) is 48.9 Å². The molecule has 1 aromatic carbocycles. The van der Waals surface area contributed by atoms with Gasteiger partial charge in [0, 0.05) is 5.56 Å². The third-order valence-electron chi connectivity index (χ3n) is 3.63. The molecule has 1 aliphatic carbocycles. The summed E-state index contributed by atoms with van der Waals surface area (Å²) in [7, 11) is 0. The highest BCUT2D eigenvalue weighted by atomic mass is 19.1. The largest absolute Gasteiger partial charge is 0.334 e. The van der Waals surface area contributed by atoms with Gasteiger partial charge in [0.25, 0.3) is 5.91 Å². The van der Waals surface area contributed by atoms with Gasteiger partial charge >= 0.3 is 0 Å². The maximum Gasteiger partial charge on any atom is 0.252 e. The zero-order valence-corrected chi connectivity index (χ0v) is 10.8. The summed E-state index contributed by atoms with van der Waals surface area (Å²) < 4.78 is 12.8. The number of nitriles is 1. The SMILES string of the molecule is N#CC1(NC(=O)c2ccc(F)cc2)CCCCCC1. The molecular formula is C15H17FN2O. The summed E-state index contributed by atoms with van der Waals surface area (Å²) in [6.45, 7) is 0. The van der Waals surface area contributed by atoms with E-state index in [1.807, 2.05) is 0 Å². The number of nitrogens with zero attached hydrogens (tertiary/aromatic N) is 1. The minimum absolute atomic E-state index is 0.302. The van der Waals surface area contributed by atoms with E-state index in [1.54, 1.807) is 0 Å². The maximum absolute atomic E-state index is 12.8. The van der Waals surface area contributed by atoms with E-state index in [1.165, 1.54) is 24.3 Å². The van der Waals surface area contributed by atoms with Gasteiger partial charge in [0.2, 0.25) is 0 Å². The Hall–Kier alpha value is -1.89. The molecule has 0 spiro atoms. The highest BCUT2D eigenvalue weighted by Gasteiger charge is 2.32. The average Bonchev–Trinajstić information content (AvgIpc) is 2.65. The molecule has 0 unspecified atom stereocenters. The Kier molecular flexibility index (Phi) is 4.16. The zero-order chi connectivity index (χ0) is 13.7. The Labute approximate surface area is 112 Å². The molecule has 1 N–H and O–H groups in total. The fraction of sp³-hybridized carbons (Fsp3) is 0.467. The minimum atomic E-state index is -0.762. The number of rotatable bonds is 2. The standard InChI is InChI=1S/C15H17FN2O/c16-13-7-5-12(6-8-13)14(19)18-15(11-17)9-3-1-2-4-10-15/h5-8H,1-4,9-10H2,(H,18,19). The van der Waals surface area contributed by atoms with E-state index in [0.29, 0.717) is 18.4 Å². The van der Waals surface area contributed by atoms with Crippen molar-refractivity contribution >= 4 is 5.91 Å². The first kappa shape index (κ1) is 13.5. The molecule has 0 radical (unpaired) electrons. The number of carbonyl (C=O) groups is 1. The summed E-state index contributed by atoms with van der Waals surface area (Å²) >= 11 is 0. The van der Waals surface area contributed by atoms with Crippen LogP contribution in [0.25, 0.3) is 0 Å². The van der Waals surface area contributed by atoms with Crippen molar-refractivity contribution in [1.29, 1.82) is 5.26 Å². The van der Waals surface area contributed by atoms with Gasteiger partial charge in [0.05, 0.1) is 6.07 Å². The van der Waals surface area contributed by atoms with Gasteiger partial charge in [-0.1, -0.05) is 25.7 Å². The number of hydrogen-bond donors (Lipinski definition) is 1. The van der Waals surface area contributed by atoms with Gasteiger partial charge in [-0.2, -0.15) is 5.26 Å². The van der Waals surface area contributed by atoms with Crippen molar-refractivity contribution in [3.63, 3.8) is 0 Å².